The number of halogens is 2. The van der Waals surface area contributed by atoms with Gasteiger partial charge >= 0.3 is 6.29 Å². The molecule has 228 valence electrons. The van der Waals surface area contributed by atoms with Gasteiger partial charge in [0.05, 0.1) is 66.4 Å². The summed E-state index contributed by atoms with van der Waals surface area (Å²) < 4.78 is 48.5. The first-order valence-electron chi connectivity index (χ1n) is 13.8. The Morgan fingerprint density at radius 1 is 1.19 bits per heavy atom. The molecule has 14 heteroatoms. The van der Waals surface area contributed by atoms with E-state index in [0.29, 0.717) is 23.4 Å². The molecule has 3 aliphatic rings. The van der Waals surface area contributed by atoms with Crippen LogP contribution in [0.25, 0.3) is 10.2 Å². The Morgan fingerprint density at radius 2 is 1.86 bits per heavy atom. The van der Waals surface area contributed by atoms with Gasteiger partial charge in [-0.05, 0) is 38.5 Å². The number of rotatable bonds is 7. The summed E-state index contributed by atoms with van der Waals surface area (Å²) in [7, 11) is 1.43. The number of benzene rings is 2. The fraction of sp³-hybridized carbons (Fsp3) is 0.448. The summed E-state index contributed by atoms with van der Waals surface area (Å²) in [5, 5.41) is 15.2. The van der Waals surface area contributed by atoms with Crippen LogP contribution in [0.1, 0.15) is 61.3 Å². The molecule has 2 atom stereocenters. The van der Waals surface area contributed by atoms with Gasteiger partial charge in [0.25, 0.3) is 11.8 Å². The lowest BCUT2D eigenvalue weighted by atomic mass is 9.92. The average Bonchev–Trinajstić information content (AvgIpc) is 3.51. The maximum absolute atomic E-state index is 13.9. The molecule has 1 aromatic heterocycles. The largest absolute Gasteiger partial charge is 0.586 e. The Hall–Kier alpha value is -4.22. The summed E-state index contributed by atoms with van der Waals surface area (Å²) in [6.45, 7) is 8.50. The van der Waals surface area contributed by atoms with Crippen LogP contribution in [0, 0.1) is 11.3 Å². The van der Waals surface area contributed by atoms with Crippen LogP contribution in [-0.4, -0.2) is 61.0 Å². The SMILES string of the molecule is CC.COc1ccc2nc(N3C4COCC3C4)sc2c1C(=O)Nc1cc2c(cc1C(=O)NC(C)(C)CC#N)OC(F)(F)O2. The third-order valence-corrected chi connectivity index (χ3v) is 8.24. The number of nitrogens with zero attached hydrogens (tertiary/aromatic N) is 3. The third kappa shape index (κ3) is 5.74. The zero-order valence-electron chi connectivity index (χ0n) is 24.2. The minimum Gasteiger partial charge on any atom is -0.496 e. The molecular weight excluding hydrogens is 584 g/mol. The zero-order valence-corrected chi connectivity index (χ0v) is 25.1. The van der Waals surface area contributed by atoms with Crippen LogP contribution in [0.5, 0.6) is 17.2 Å². The van der Waals surface area contributed by atoms with Crippen molar-refractivity contribution in [3.63, 3.8) is 0 Å². The third-order valence-electron chi connectivity index (χ3n) is 7.13. The number of nitriles is 1. The van der Waals surface area contributed by atoms with Crippen molar-refractivity contribution in [2.24, 2.45) is 0 Å². The quantitative estimate of drug-likeness (QED) is 0.363. The van der Waals surface area contributed by atoms with E-state index in [9.17, 15) is 18.4 Å². The predicted molar refractivity (Wildman–Crippen MR) is 155 cm³/mol. The van der Waals surface area contributed by atoms with Gasteiger partial charge in [0, 0.05) is 11.6 Å². The first kappa shape index (κ1) is 30.2. The number of nitrogens with one attached hydrogen (secondary N) is 2. The normalized spacial score (nSPS) is 19.4. The van der Waals surface area contributed by atoms with Crippen molar-refractivity contribution in [1.29, 1.82) is 5.26 Å². The van der Waals surface area contributed by atoms with E-state index in [2.05, 4.69) is 25.0 Å². The van der Waals surface area contributed by atoms with Crippen molar-refractivity contribution in [2.45, 2.75) is 64.5 Å². The Balaban J connectivity index is 0.00000180. The van der Waals surface area contributed by atoms with E-state index in [4.69, 9.17) is 19.7 Å². The number of alkyl halides is 2. The minimum absolute atomic E-state index is 0.0131. The van der Waals surface area contributed by atoms with Crippen molar-refractivity contribution in [1.82, 2.24) is 10.3 Å². The number of thiazole rings is 1. The van der Waals surface area contributed by atoms with Gasteiger partial charge in [-0.2, -0.15) is 5.26 Å². The van der Waals surface area contributed by atoms with E-state index < -0.39 is 23.6 Å². The van der Waals surface area contributed by atoms with E-state index in [1.807, 2.05) is 19.9 Å². The maximum Gasteiger partial charge on any atom is 0.586 e. The van der Waals surface area contributed by atoms with Gasteiger partial charge in [-0.15, -0.1) is 8.78 Å². The number of hydrogen-bond acceptors (Lipinski definition) is 10. The fourth-order valence-electron chi connectivity index (χ4n) is 5.20. The summed E-state index contributed by atoms with van der Waals surface area (Å²) in [6.07, 6.45) is -2.93. The zero-order chi connectivity index (χ0) is 31.1. The smallest absolute Gasteiger partial charge is 0.496 e. The van der Waals surface area contributed by atoms with Gasteiger partial charge in [-0.1, -0.05) is 25.2 Å². The van der Waals surface area contributed by atoms with Crippen LogP contribution in [0.2, 0.25) is 0 Å². The molecular formula is C29H31F2N5O6S. The molecule has 0 saturated carbocycles. The topological polar surface area (TPSA) is 135 Å². The highest BCUT2D eigenvalue weighted by Gasteiger charge is 2.45. The van der Waals surface area contributed by atoms with Gasteiger partial charge in [0.15, 0.2) is 16.6 Å². The van der Waals surface area contributed by atoms with E-state index >= 15 is 0 Å². The molecule has 0 spiro atoms. The van der Waals surface area contributed by atoms with Crippen molar-refractivity contribution in [3.05, 3.63) is 35.4 Å². The number of fused-ring (bicyclic) bond motifs is 4. The molecule has 3 aromatic rings. The van der Waals surface area contributed by atoms with Crippen molar-refractivity contribution < 1.29 is 37.3 Å². The molecule has 2 bridgehead atoms. The van der Waals surface area contributed by atoms with Gasteiger partial charge in [0.2, 0.25) is 0 Å². The molecule has 3 aliphatic heterocycles. The van der Waals surface area contributed by atoms with Crippen LogP contribution in [0.4, 0.5) is 19.6 Å². The molecule has 43 heavy (non-hydrogen) atoms. The number of aromatic nitrogens is 1. The minimum atomic E-state index is -3.94. The van der Waals surface area contributed by atoms with Crippen molar-refractivity contribution in [2.75, 3.05) is 30.5 Å². The van der Waals surface area contributed by atoms with Crippen LogP contribution in [0.3, 0.4) is 0 Å². The molecule has 2 saturated heterocycles. The van der Waals surface area contributed by atoms with Crippen LogP contribution >= 0.6 is 11.3 Å². The number of carbonyl (C=O) groups excluding carboxylic acids is 2. The number of ether oxygens (including phenoxy) is 4. The van der Waals surface area contributed by atoms with Crippen LogP contribution < -0.4 is 29.7 Å². The first-order chi connectivity index (χ1) is 20.5. The number of hydrogen-bond donors (Lipinski definition) is 2. The van der Waals surface area contributed by atoms with E-state index in [1.165, 1.54) is 18.4 Å². The molecule has 0 radical (unpaired) electrons. The summed E-state index contributed by atoms with van der Waals surface area (Å²) in [5.74, 6) is -1.81. The Labute approximate surface area is 250 Å². The maximum atomic E-state index is 13.9. The molecule has 6 rings (SSSR count). The fourth-order valence-corrected chi connectivity index (χ4v) is 6.44. The lowest BCUT2D eigenvalue weighted by Gasteiger charge is -2.52. The summed E-state index contributed by atoms with van der Waals surface area (Å²) in [6, 6.07) is 8.00. The molecule has 2 aromatic carbocycles. The number of anilines is 2. The molecule has 4 heterocycles. The second-order valence-electron chi connectivity index (χ2n) is 10.6. The molecule has 2 fully saturated rings. The monoisotopic (exact) mass is 615 g/mol. The van der Waals surface area contributed by atoms with Gasteiger partial charge in [-0.25, -0.2) is 4.98 Å². The number of methoxy groups -OCH3 is 1. The van der Waals surface area contributed by atoms with Crippen molar-refractivity contribution >= 4 is 44.2 Å². The second kappa shape index (κ2) is 11.5. The standard InChI is InChI=1S/C27H25F2N5O6S.C2H6/c1-26(2,6-7-30)33-23(35)15-9-19-20(40-27(28,29)39-19)10-17(15)31-24(36)21-18(37-3)5-4-16-22(21)41-25(32-16)34-13-8-14(34)12-38-11-13;1-2/h4-5,9-10,13-14H,6,8,11-12H2,1-3H3,(H,31,36)(H,33,35);1-2H3. The predicted octanol–water partition coefficient (Wildman–Crippen LogP) is 5.30. The first-order valence-corrected chi connectivity index (χ1v) is 14.6. The Morgan fingerprint density at radius 3 is 2.49 bits per heavy atom. The summed E-state index contributed by atoms with van der Waals surface area (Å²) in [4.78, 5) is 34.0. The van der Waals surface area contributed by atoms with Gasteiger partial charge in [-0.3, -0.25) is 9.59 Å². The van der Waals surface area contributed by atoms with E-state index in [0.717, 1.165) is 23.7 Å². The highest BCUT2D eigenvalue weighted by atomic mass is 32.1. The van der Waals surface area contributed by atoms with Crippen LogP contribution in [0.15, 0.2) is 24.3 Å². The van der Waals surface area contributed by atoms with Crippen molar-refractivity contribution in [3.8, 4) is 23.3 Å². The lowest BCUT2D eigenvalue weighted by Crippen LogP contribution is -2.64. The van der Waals surface area contributed by atoms with E-state index in [1.54, 1.807) is 26.0 Å². The number of amides is 2. The summed E-state index contributed by atoms with van der Waals surface area (Å²) >= 11 is 1.34. The molecule has 2 unspecified atom stereocenters. The highest BCUT2D eigenvalue weighted by molar-refractivity contribution is 7.22. The molecule has 0 aliphatic carbocycles. The molecule has 2 amide bonds. The average molecular weight is 616 g/mol. The second-order valence-corrected chi connectivity index (χ2v) is 11.6. The van der Waals surface area contributed by atoms with E-state index in [-0.39, 0.29) is 52.6 Å². The lowest BCUT2D eigenvalue weighted by molar-refractivity contribution is -0.286. The Kier molecular flexibility index (Phi) is 8.06. The van der Waals surface area contributed by atoms with Crippen LogP contribution in [-0.2, 0) is 4.74 Å². The Bertz CT molecular complexity index is 1610. The highest BCUT2D eigenvalue weighted by Crippen LogP contribution is 2.45. The number of morpholine rings is 1. The molecule has 2 N–H and O–H groups in total. The van der Waals surface area contributed by atoms with Gasteiger partial charge < -0.3 is 34.5 Å². The van der Waals surface area contributed by atoms with Gasteiger partial charge in [0.1, 0.15) is 11.3 Å². The summed E-state index contributed by atoms with van der Waals surface area (Å²) in [5.41, 5.74) is -0.438. The molecule has 11 nitrogen and oxygen atoms in total. The number of carbonyl (C=O) groups is 2.